The summed E-state index contributed by atoms with van der Waals surface area (Å²) < 4.78 is 51.3. The molecule has 0 unspecified atom stereocenters. The number of aromatic nitrogens is 6. The molecule has 3 aromatic heterocycles. The quantitative estimate of drug-likeness (QED) is 0.288. The van der Waals surface area contributed by atoms with Crippen LogP contribution in [0, 0.1) is 0 Å². The summed E-state index contributed by atoms with van der Waals surface area (Å²) in [6.45, 7) is 0.997. The van der Waals surface area contributed by atoms with Gasteiger partial charge in [0, 0.05) is 34.4 Å². The number of nitrogens with one attached hydrogen (secondary N) is 1. The van der Waals surface area contributed by atoms with Crippen molar-refractivity contribution >= 4 is 32.7 Å². The van der Waals surface area contributed by atoms with Crippen molar-refractivity contribution in [2.45, 2.75) is 26.0 Å². The highest BCUT2D eigenvalue weighted by atomic mass is 79.9. The van der Waals surface area contributed by atoms with Crippen molar-refractivity contribution in [1.29, 1.82) is 0 Å². The molecule has 0 spiro atoms. The van der Waals surface area contributed by atoms with Crippen LogP contribution in [0.5, 0.6) is 5.75 Å². The van der Waals surface area contributed by atoms with Crippen LogP contribution in [0.3, 0.4) is 0 Å². The van der Waals surface area contributed by atoms with E-state index in [1.807, 2.05) is 29.0 Å². The van der Waals surface area contributed by atoms with Gasteiger partial charge in [-0.05, 0) is 36.4 Å². The number of aryl methyl sites for hydroxylation is 2. The van der Waals surface area contributed by atoms with Gasteiger partial charge in [0.2, 0.25) is 0 Å². The van der Waals surface area contributed by atoms with E-state index in [1.165, 1.54) is 12.1 Å². The van der Waals surface area contributed by atoms with Crippen LogP contribution in [0.4, 0.5) is 13.2 Å². The number of fused-ring (bicyclic) bond motifs is 1. The molecule has 1 N–H and O–H groups in total. The van der Waals surface area contributed by atoms with E-state index in [0.29, 0.717) is 18.8 Å². The molecule has 3 heterocycles. The number of nitrogens with zero attached hydrogens (tertiary/aromatic N) is 6. The maximum absolute atomic E-state index is 12.5. The fourth-order valence-corrected chi connectivity index (χ4v) is 4.00. The molecular formula is C23H17BrF3N7O3. The second-order valence-electron chi connectivity index (χ2n) is 7.81. The Hall–Kier alpha value is -4.20. The summed E-state index contributed by atoms with van der Waals surface area (Å²) in [5.41, 5.74) is 1.33. The second-order valence-corrected chi connectivity index (χ2v) is 8.72. The summed E-state index contributed by atoms with van der Waals surface area (Å²) in [4.78, 5) is 20.9. The molecule has 5 rings (SSSR count). The number of halogens is 4. The van der Waals surface area contributed by atoms with Crippen LogP contribution >= 0.6 is 15.9 Å². The number of imidazole rings is 1. The first-order chi connectivity index (χ1) is 17.7. The molecule has 0 saturated carbocycles. The molecule has 0 fully saturated rings. The lowest BCUT2D eigenvalue weighted by atomic mass is 10.2. The molecule has 0 aliphatic heterocycles. The van der Waals surface area contributed by atoms with E-state index in [0.717, 1.165) is 27.5 Å². The van der Waals surface area contributed by atoms with Crippen molar-refractivity contribution in [2.24, 2.45) is 0 Å². The van der Waals surface area contributed by atoms with E-state index in [1.54, 1.807) is 17.2 Å². The first-order valence-electron chi connectivity index (χ1n) is 10.8. The summed E-state index contributed by atoms with van der Waals surface area (Å²) in [5.74, 6) is -0.740. The van der Waals surface area contributed by atoms with Crippen LogP contribution in [0.1, 0.15) is 16.2 Å². The van der Waals surface area contributed by atoms with Gasteiger partial charge < -0.3 is 19.1 Å². The van der Waals surface area contributed by atoms with Gasteiger partial charge in [-0.2, -0.15) is 10.1 Å². The van der Waals surface area contributed by atoms with E-state index < -0.39 is 18.0 Å². The van der Waals surface area contributed by atoms with Gasteiger partial charge in [0.15, 0.2) is 5.82 Å². The average Bonchev–Trinajstić information content (AvgIpc) is 3.60. The molecule has 190 valence electrons. The number of carbonyl (C=O) groups is 1. The zero-order chi connectivity index (χ0) is 26.0. The minimum atomic E-state index is -4.86. The Kier molecular flexibility index (Phi) is 6.65. The largest absolute Gasteiger partial charge is 0.573 e. The minimum Gasteiger partial charge on any atom is -0.406 e. The monoisotopic (exact) mass is 575 g/mol. The van der Waals surface area contributed by atoms with E-state index >= 15 is 0 Å². The Morgan fingerprint density at radius 2 is 2.03 bits per heavy atom. The molecule has 0 radical (unpaired) electrons. The molecule has 37 heavy (non-hydrogen) atoms. The van der Waals surface area contributed by atoms with Crippen LogP contribution < -0.4 is 10.1 Å². The third kappa shape index (κ3) is 5.80. The topological polar surface area (TPSA) is 113 Å². The Morgan fingerprint density at radius 3 is 2.81 bits per heavy atom. The number of hydrogen-bond acceptors (Lipinski definition) is 7. The molecule has 14 heteroatoms. The van der Waals surface area contributed by atoms with Crippen LogP contribution in [0.2, 0.25) is 0 Å². The number of carbonyl (C=O) groups excluding carboxylic acids is 1. The zero-order valence-electron chi connectivity index (χ0n) is 18.8. The normalized spacial score (nSPS) is 11.7. The predicted octanol–water partition coefficient (Wildman–Crippen LogP) is 4.57. The van der Waals surface area contributed by atoms with Gasteiger partial charge in [-0.25, -0.2) is 4.98 Å². The minimum absolute atomic E-state index is 0.0149. The Labute approximate surface area is 215 Å². The smallest absolute Gasteiger partial charge is 0.406 e. The number of benzene rings is 2. The molecule has 2 aromatic carbocycles. The summed E-state index contributed by atoms with van der Waals surface area (Å²) >= 11 is 3.47. The summed E-state index contributed by atoms with van der Waals surface area (Å²) in [7, 11) is 0. The maximum atomic E-state index is 12.5. The molecule has 10 nitrogen and oxygen atoms in total. The van der Waals surface area contributed by atoms with Gasteiger partial charge in [-0.1, -0.05) is 27.2 Å². The summed E-state index contributed by atoms with van der Waals surface area (Å²) in [6, 6.07) is 10.4. The van der Waals surface area contributed by atoms with Gasteiger partial charge >= 0.3 is 6.36 Å². The van der Waals surface area contributed by atoms with Crippen molar-refractivity contribution in [3.8, 4) is 17.3 Å². The van der Waals surface area contributed by atoms with Crippen LogP contribution in [0.25, 0.3) is 22.5 Å². The van der Waals surface area contributed by atoms with Crippen LogP contribution in [-0.2, 0) is 19.6 Å². The fraction of sp³-hybridized carbons (Fsp3) is 0.174. The molecule has 5 aromatic rings. The zero-order valence-corrected chi connectivity index (χ0v) is 20.4. The third-order valence-corrected chi connectivity index (χ3v) is 5.73. The number of ether oxygens (including phenoxy) is 1. The molecular weight excluding hydrogens is 559 g/mol. The standard InChI is InChI=1S/C23H17BrF3N7O3/c24-15-4-5-18-17(11-15)20(34(31-18)9-8-33-7-6-28-13-33)22-30-19(32-37-22)12-29-21(35)14-2-1-3-16(10-14)36-23(25,26)27/h1-7,10-11,13H,8-9,12H2,(H,29,35). The van der Waals surface area contributed by atoms with Crippen molar-refractivity contribution in [3.05, 3.63) is 77.0 Å². The SMILES string of the molecule is O=C(NCc1noc(-c2c3cc(Br)ccc3nn2CCn2ccnc2)n1)c1cccc(OC(F)(F)F)c1. The molecule has 0 aliphatic rings. The molecule has 0 atom stereocenters. The number of amides is 1. The lowest BCUT2D eigenvalue weighted by Crippen LogP contribution is -2.23. The Balaban J connectivity index is 1.34. The fourth-order valence-electron chi connectivity index (χ4n) is 3.64. The second kappa shape index (κ2) is 10.0. The number of hydrogen-bond donors (Lipinski definition) is 1. The summed E-state index contributed by atoms with van der Waals surface area (Å²) in [5, 5.41) is 12.0. The predicted molar refractivity (Wildman–Crippen MR) is 127 cm³/mol. The van der Waals surface area contributed by atoms with E-state index in [2.05, 4.69) is 46.2 Å². The maximum Gasteiger partial charge on any atom is 0.573 e. The highest BCUT2D eigenvalue weighted by molar-refractivity contribution is 9.10. The Morgan fingerprint density at radius 1 is 1.16 bits per heavy atom. The van der Waals surface area contributed by atoms with Crippen molar-refractivity contribution in [3.63, 3.8) is 0 Å². The molecule has 0 aliphatic carbocycles. The highest BCUT2D eigenvalue weighted by Gasteiger charge is 2.31. The van der Waals surface area contributed by atoms with Gasteiger partial charge in [0.25, 0.3) is 11.8 Å². The third-order valence-electron chi connectivity index (χ3n) is 5.24. The van der Waals surface area contributed by atoms with E-state index in [4.69, 9.17) is 4.52 Å². The highest BCUT2D eigenvalue weighted by Crippen LogP contribution is 2.30. The van der Waals surface area contributed by atoms with Crippen molar-refractivity contribution in [1.82, 2.24) is 34.8 Å². The van der Waals surface area contributed by atoms with Crippen molar-refractivity contribution < 1.29 is 27.2 Å². The first-order valence-corrected chi connectivity index (χ1v) is 11.6. The lowest BCUT2D eigenvalue weighted by molar-refractivity contribution is -0.274. The van der Waals surface area contributed by atoms with Crippen LogP contribution in [-0.4, -0.2) is 41.7 Å². The number of alkyl halides is 3. The van der Waals surface area contributed by atoms with Gasteiger partial charge in [0.05, 0.1) is 24.9 Å². The molecule has 0 bridgehead atoms. The first kappa shape index (κ1) is 24.5. The number of rotatable bonds is 8. The van der Waals surface area contributed by atoms with Crippen molar-refractivity contribution in [2.75, 3.05) is 0 Å². The molecule has 0 saturated heterocycles. The van der Waals surface area contributed by atoms with Gasteiger partial charge in [-0.15, -0.1) is 13.2 Å². The van der Waals surface area contributed by atoms with Crippen LogP contribution in [0.15, 0.2) is 70.2 Å². The van der Waals surface area contributed by atoms with E-state index in [-0.39, 0.29) is 23.8 Å². The Bertz CT molecular complexity index is 1550. The van der Waals surface area contributed by atoms with Gasteiger partial charge in [0.1, 0.15) is 11.4 Å². The van der Waals surface area contributed by atoms with Gasteiger partial charge in [-0.3, -0.25) is 9.48 Å². The average molecular weight is 576 g/mol. The lowest BCUT2D eigenvalue weighted by Gasteiger charge is -2.09. The molecule has 1 amide bonds. The summed E-state index contributed by atoms with van der Waals surface area (Å²) in [6.07, 6.45) is 0.382. The van der Waals surface area contributed by atoms with E-state index in [9.17, 15) is 18.0 Å².